The van der Waals surface area contributed by atoms with Crippen molar-refractivity contribution in [2.24, 2.45) is 0 Å². The predicted octanol–water partition coefficient (Wildman–Crippen LogP) is 6.36. The van der Waals surface area contributed by atoms with Crippen LogP contribution in [0.5, 0.6) is 11.5 Å². The molecule has 5 rings (SSSR count). The van der Waals surface area contributed by atoms with Gasteiger partial charge in [0.05, 0.1) is 11.1 Å². The zero-order valence-electron chi connectivity index (χ0n) is 20.3. The number of carbonyl (C=O) groups excluding carboxylic acids is 1. The van der Waals surface area contributed by atoms with Crippen LogP contribution in [-0.2, 0) is 15.8 Å². The van der Waals surface area contributed by atoms with Crippen molar-refractivity contribution in [3.05, 3.63) is 71.3 Å². The number of anilines is 1. The highest BCUT2D eigenvalue weighted by Gasteiger charge is 2.71. The van der Waals surface area contributed by atoms with Gasteiger partial charge in [-0.3, -0.25) is 4.79 Å². The molecule has 3 aromatic rings. The lowest BCUT2D eigenvalue weighted by atomic mass is 9.91. The molecule has 1 aromatic heterocycles. The van der Waals surface area contributed by atoms with Crippen molar-refractivity contribution in [2.45, 2.75) is 49.4 Å². The van der Waals surface area contributed by atoms with Gasteiger partial charge in [0.25, 0.3) is 5.60 Å². The van der Waals surface area contributed by atoms with Crippen molar-refractivity contribution in [1.82, 2.24) is 4.98 Å². The first-order valence-electron chi connectivity index (χ1n) is 11.6. The first-order valence-corrected chi connectivity index (χ1v) is 11.6. The third-order valence-electron chi connectivity index (χ3n) is 6.87. The molecule has 1 amide bonds. The highest BCUT2D eigenvalue weighted by Crippen LogP contribution is 2.53. The number of alkyl halides is 8. The summed E-state index contributed by atoms with van der Waals surface area (Å²) in [7, 11) is 0. The Morgan fingerprint density at radius 3 is 2.08 bits per heavy atom. The van der Waals surface area contributed by atoms with Crippen molar-refractivity contribution in [1.29, 1.82) is 0 Å². The number of amides is 1. The van der Waals surface area contributed by atoms with Gasteiger partial charge in [0, 0.05) is 11.1 Å². The highest BCUT2D eigenvalue weighted by molar-refractivity contribution is 6.01. The Hall–Kier alpha value is -3.94. The van der Waals surface area contributed by atoms with Crippen LogP contribution in [0.15, 0.2) is 54.6 Å². The van der Waals surface area contributed by atoms with E-state index in [-0.39, 0.29) is 28.6 Å². The standard InChI is InChI=1S/C26H18F8N2O4/c1-13-2-9-19(35-20(13)14-3-5-15(6-4-14)23(38,24(27,28)29)25(30,31)32)36-21(37)22(10-11-22)16-7-8-17-18(12-16)40-26(33,34)39-17/h2-9,12,38H,10-11H2,1H3,(H,35,36,37). The van der Waals surface area contributed by atoms with Crippen molar-refractivity contribution < 1.29 is 54.5 Å². The Balaban J connectivity index is 1.39. The number of aromatic nitrogens is 1. The van der Waals surface area contributed by atoms with Gasteiger partial charge in [-0.2, -0.15) is 26.3 Å². The van der Waals surface area contributed by atoms with E-state index in [4.69, 9.17) is 0 Å². The minimum Gasteiger partial charge on any atom is -0.395 e. The van der Waals surface area contributed by atoms with E-state index < -0.39 is 41.1 Å². The summed E-state index contributed by atoms with van der Waals surface area (Å²) in [6.07, 6.45) is -15.1. The normalized spacial score (nSPS) is 17.4. The van der Waals surface area contributed by atoms with Crippen LogP contribution in [0.1, 0.15) is 29.5 Å². The molecule has 2 N–H and O–H groups in total. The molecule has 2 heterocycles. The van der Waals surface area contributed by atoms with Crippen LogP contribution >= 0.6 is 0 Å². The van der Waals surface area contributed by atoms with E-state index in [9.17, 15) is 45.0 Å². The summed E-state index contributed by atoms with van der Waals surface area (Å²) in [5.74, 6) is -0.861. The van der Waals surface area contributed by atoms with Gasteiger partial charge in [-0.15, -0.1) is 8.78 Å². The van der Waals surface area contributed by atoms with E-state index in [1.54, 1.807) is 6.92 Å². The molecule has 0 saturated heterocycles. The van der Waals surface area contributed by atoms with E-state index in [1.807, 2.05) is 0 Å². The molecule has 40 heavy (non-hydrogen) atoms. The number of fused-ring (bicyclic) bond motifs is 1. The van der Waals surface area contributed by atoms with Crippen LogP contribution < -0.4 is 14.8 Å². The summed E-state index contributed by atoms with van der Waals surface area (Å²) in [5.41, 5.74) is -6.36. The summed E-state index contributed by atoms with van der Waals surface area (Å²) in [6.45, 7) is 1.59. The van der Waals surface area contributed by atoms with Crippen molar-refractivity contribution in [2.75, 3.05) is 5.32 Å². The van der Waals surface area contributed by atoms with Crippen LogP contribution in [-0.4, -0.2) is 34.6 Å². The second kappa shape index (κ2) is 8.78. The lowest BCUT2D eigenvalue weighted by Crippen LogP contribution is -2.53. The van der Waals surface area contributed by atoms with Crippen molar-refractivity contribution in [3.8, 4) is 22.8 Å². The molecule has 6 nitrogen and oxygen atoms in total. The number of hydrogen-bond donors (Lipinski definition) is 2. The summed E-state index contributed by atoms with van der Waals surface area (Å²) in [4.78, 5) is 17.5. The Morgan fingerprint density at radius 1 is 0.900 bits per heavy atom. The average molecular weight is 574 g/mol. The number of aryl methyl sites for hydroxylation is 1. The third kappa shape index (κ3) is 4.49. The largest absolute Gasteiger partial charge is 0.586 e. The van der Waals surface area contributed by atoms with Gasteiger partial charge >= 0.3 is 18.6 Å². The summed E-state index contributed by atoms with van der Waals surface area (Å²) >= 11 is 0. The van der Waals surface area contributed by atoms with E-state index in [2.05, 4.69) is 19.8 Å². The lowest BCUT2D eigenvalue weighted by Gasteiger charge is -2.32. The topological polar surface area (TPSA) is 80.7 Å². The molecular formula is C26H18F8N2O4. The molecule has 0 unspecified atom stereocenters. The van der Waals surface area contributed by atoms with Gasteiger partial charge in [-0.05, 0) is 49.1 Å². The monoisotopic (exact) mass is 574 g/mol. The summed E-state index contributed by atoms with van der Waals surface area (Å²) < 4.78 is 115. The molecule has 1 aliphatic heterocycles. The molecule has 0 atom stereocenters. The number of nitrogens with one attached hydrogen (secondary N) is 1. The summed E-state index contributed by atoms with van der Waals surface area (Å²) in [6, 6.07) is 9.92. The average Bonchev–Trinajstić information content (AvgIpc) is 3.60. The Bertz CT molecular complexity index is 1470. The minimum atomic E-state index is -6.03. The van der Waals surface area contributed by atoms with E-state index >= 15 is 0 Å². The lowest BCUT2D eigenvalue weighted by molar-refractivity contribution is -0.376. The van der Waals surface area contributed by atoms with E-state index in [0.717, 1.165) is 12.1 Å². The number of carbonyl (C=O) groups is 1. The molecule has 14 heteroatoms. The fraction of sp³-hybridized carbons (Fsp3) is 0.308. The number of hydrogen-bond acceptors (Lipinski definition) is 5. The number of ether oxygens (including phenoxy) is 2. The molecule has 0 radical (unpaired) electrons. The SMILES string of the molecule is Cc1ccc(NC(=O)C2(c3ccc4c(c3)OC(F)(F)O4)CC2)nc1-c1ccc(C(O)(C(F)(F)F)C(F)(F)F)cc1. The van der Waals surface area contributed by atoms with Gasteiger partial charge < -0.3 is 19.9 Å². The van der Waals surface area contributed by atoms with Gasteiger partial charge in [0.15, 0.2) is 11.5 Å². The Labute approximate surface area is 220 Å². The van der Waals surface area contributed by atoms with E-state index in [0.29, 0.717) is 36.1 Å². The zero-order valence-corrected chi connectivity index (χ0v) is 20.3. The predicted molar refractivity (Wildman–Crippen MR) is 123 cm³/mol. The highest BCUT2D eigenvalue weighted by atomic mass is 19.4. The number of rotatable bonds is 5. The molecule has 1 saturated carbocycles. The number of pyridine rings is 1. The first-order chi connectivity index (χ1) is 18.5. The number of halogens is 8. The quantitative estimate of drug-likeness (QED) is 0.347. The van der Waals surface area contributed by atoms with Crippen molar-refractivity contribution in [3.63, 3.8) is 0 Å². The summed E-state index contributed by atoms with van der Waals surface area (Å²) in [5, 5.41) is 12.2. The maximum absolute atomic E-state index is 13.4. The zero-order chi connectivity index (χ0) is 29.3. The van der Waals surface area contributed by atoms with E-state index in [1.165, 1.54) is 30.3 Å². The van der Waals surface area contributed by atoms with Crippen LogP contribution in [0.2, 0.25) is 0 Å². The molecule has 0 bridgehead atoms. The maximum atomic E-state index is 13.4. The van der Waals surface area contributed by atoms with Crippen LogP contribution in [0.3, 0.4) is 0 Å². The molecule has 212 valence electrons. The molecule has 2 aromatic carbocycles. The van der Waals surface area contributed by atoms with Crippen LogP contribution in [0.25, 0.3) is 11.3 Å². The minimum absolute atomic E-state index is 0.0373. The third-order valence-corrected chi connectivity index (χ3v) is 6.87. The van der Waals surface area contributed by atoms with Crippen LogP contribution in [0, 0.1) is 6.92 Å². The molecule has 1 aliphatic carbocycles. The molecular weight excluding hydrogens is 556 g/mol. The van der Waals surface area contributed by atoms with Crippen LogP contribution in [0.4, 0.5) is 40.9 Å². The van der Waals surface area contributed by atoms with Gasteiger partial charge in [0.2, 0.25) is 5.91 Å². The molecule has 0 spiro atoms. The number of nitrogens with zero attached hydrogens (tertiary/aromatic N) is 1. The number of benzene rings is 2. The second-order valence-electron chi connectivity index (χ2n) is 9.51. The fourth-order valence-corrected chi connectivity index (χ4v) is 4.50. The van der Waals surface area contributed by atoms with Gasteiger partial charge in [0.1, 0.15) is 5.82 Å². The molecule has 1 fully saturated rings. The van der Waals surface area contributed by atoms with Crippen molar-refractivity contribution >= 4 is 11.7 Å². The Morgan fingerprint density at radius 2 is 1.50 bits per heavy atom. The molecule has 2 aliphatic rings. The Kier molecular flexibility index (Phi) is 6.06. The maximum Gasteiger partial charge on any atom is 0.586 e. The second-order valence-corrected chi connectivity index (χ2v) is 9.51. The number of aliphatic hydroxyl groups is 1. The fourth-order valence-electron chi connectivity index (χ4n) is 4.50. The smallest absolute Gasteiger partial charge is 0.395 e. The first kappa shape index (κ1) is 27.6. The van der Waals surface area contributed by atoms with Gasteiger partial charge in [-0.1, -0.05) is 36.4 Å². The van der Waals surface area contributed by atoms with Gasteiger partial charge in [-0.25, -0.2) is 4.98 Å².